The van der Waals surface area contributed by atoms with Crippen molar-refractivity contribution < 1.29 is 13.5 Å². The van der Waals surface area contributed by atoms with E-state index in [1.54, 1.807) is 0 Å². The van der Waals surface area contributed by atoms with Crippen molar-refractivity contribution in [2.75, 3.05) is 13.7 Å². The minimum absolute atomic E-state index is 0.259. The summed E-state index contributed by atoms with van der Waals surface area (Å²) in [5.41, 5.74) is 0.0798. The molecule has 21 heavy (non-hydrogen) atoms. The number of rotatable bonds is 5. The number of benzene rings is 1. The summed E-state index contributed by atoms with van der Waals surface area (Å²) in [6.07, 6.45) is 3.93. The van der Waals surface area contributed by atoms with Gasteiger partial charge in [-0.15, -0.1) is 0 Å². The molecule has 0 bridgehead atoms. The molecule has 1 fully saturated rings. The molecular formula is C17H25F2NO. The third-order valence-corrected chi connectivity index (χ3v) is 4.64. The first-order valence-corrected chi connectivity index (χ1v) is 7.78. The molecule has 0 radical (unpaired) electrons. The van der Waals surface area contributed by atoms with Crippen molar-refractivity contribution in [2.24, 2.45) is 5.92 Å². The van der Waals surface area contributed by atoms with Gasteiger partial charge in [-0.2, -0.15) is 0 Å². The van der Waals surface area contributed by atoms with Gasteiger partial charge in [-0.3, -0.25) is 0 Å². The van der Waals surface area contributed by atoms with Crippen LogP contribution in [0.15, 0.2) is 18.2 Å². The first-order chi connectivity index (χ1) is 10.0. The second kappa shape index (κ2) is 6.84. The van der Waals surface area contributed by atoms with Crippen LogP contribution < -0.4 is 5.32 Å². The van der Waals surface area contributed by atoms with Crippen LogP contribution in [0.3, 0.4) is 0 Å². The zero-order valence-electron chi connectivity index (χ0n) is 13.1. The van der Waals surface area contributed by atoms with Gasteiger partial charge < -0.3 is 10.1 Å². The molecular weight excluding hydrogens is 272 g/mol. The van der Waals surface area contributed by atoms with Gasteiger partial charge in [-0.05, 0) is 51.6 Å². The van der Waals surface area contributed by atoms with Gasteiger partial charge in [0.1, 0.15) is 11.6 Å². The van der Waals surface area contributed by atoms with Crippen molar-refractivity contribution in [2.45, 2.75) is 51.2 Å². The van der Waals surface area contributed by atoms with Crippen LogP contribution in [0.2, 0.25) is 0 Å². The maximum Gasteiger partial charge on any atom is 0.131 e. The van der Waals surface area contributed by atoms with E-state index in [1.165, 1.54) is 12.1 Å². The highest BCUT2D eigenvalue weighted by molar-refractivity contribution is 5.25. The number of hydrogen-bond acceptors (Lipinski definition) is 2. The van der Waals surface area contributed by atoms with Gasteiger partial charge in [-0.1, -0.05) is 13.0 Å². The summed E-state index contributed by atoms with van der Waals surface area (Å²) >= 11 is 0. The third kappa shape index (κ3) is 3.43. The lowest BCUT2D eigenvalue weighted by molar-refractivity contribution is -0.0968. The van der Waals surface area contributed by atoms with E-state index in [4.69, 9.17) is 4.74 Å². The van der Waals surface area contributed by atoms with Crippen LogP contribution in [-0.2, 0) is 4.74 Å². The molecule has 0 heterocycles. The zero-order chi connectivity index (χ0) is 15.5. The fourth-order valence-electron chi connectivity index (χ4n) is 3.49. The highest BCUT2D eigenvalue weighted by Crippen LogP contribution is 2.43. The molecule has 1 aliphatic rings. The molecule has 1 aromatic carbocycles. The molecule has 2 nitrogen and oxygen atoms in total. The Morgan fingerprint density at radius 3 is 2.52 bits per heavy atom. The monoisotopic (exact) mass is 297 g/mol. The molecule has 1 aliphatic carbocycles. The molecule has 1 aromatic rings. The standard InChI is InChI=1S/C17H25F2NO/c1-4-21-17(9-7-12(2)8-10-17)16(20-3)14-6-5-13(18)11-15(14)19/h5-6,11-12,16,20H,4,7-10H2,1-3H3. The molecule has 1 saturated carbocycles. The summed E-state index contributed by atoms with van der Waals surface area (Å²) in [4.78, 5) is 0. The first-order valence-electron chi connectivity index (χ1n) is 7.78. The predicted octanol–water partition coefficient (Wildman–Crippen LogP) is 4.21. The summed E-state index contributed by atoms with van der Waals surface area (Å²) < 4.78 is 33.4. The van der Waals surface area contributed by atoms with Gasteiger partial charge in [0, 0.05) is 18.2 Å². The van der Waals surface area contributed by atoms with Crippen LogP contribution in [-0.4, -0.2) is 19.3 Å². The zero-order valence-corrected chi connectivity index (χ0v) is 13.1. The van der Waals surface area contributed by atoms with E-state index < -0.39 is 17.2 Å². The van der Waals surface area contributed by atoms with Crippen molar-refractivity contribution in [1.82, 2.24) is 5.32 Å². The normalized spacial score (nSPS) is 27.6. The summed E-state index contributed by atoms with van der Waals surface area (Å²) in [6, 6.07) is 3.54. The van der Waals surface area contributed by atoms with E-state index in [-0.39, 0.29) is 6.04 Å². The fraction of sp³-hybridized carbons (Fsp3) is 0.647. The Hall–Kier alpha value is -1.00. The molecule has 2 rings (SSSR count). The van der Waals surface area contributed by atoms with E-state index in [0.29, 0.717) is 18.1 Å². The number of nitrogens with one attached hydrogen (secondary N) is 1. The first kappa shape index (κ1) is 16.4. The van der Waals surface area contributed by atoms with Crippen LogP contribution in [0.1, 0.15) is 51.1 Å². The predicted molar refractivity (Wildman–Crippen MR) is 80.1 cm³/mol. The lowest BCUT2D eigenvalue weighted by Gasteiger charge is -2.45. The van der Waals surface area contributed by atoms with Crippen LogP contribution >= 0.6 is 0 Å². The fourth-order valence-corrected chi connectivity index (χ4v) is 3.49. The average Bonchev–Trinajstić information content (AvgIpc) is 2.45. The molecule has 0 saturated heterocycles. The van der Waals surface area contributed by atoms with Crippen LogP contribution in [0.25, 0.3) is 0 Å². The lowest BCUT2D eigenvalue weighted by Crippen LogP contribution is -2.48. The number of ether oxygens (including phenoxy) is 1. The number of hydrogen-bond donors (Lipinski definition) is 1. The van der Waals surface area contributed by atoms with Crippen LogP contribution in [0.4, 0.5) is 8.78 Å². The highest BCUT2D eigenvalue weighted by atomic mass is 19.1. The van der Waals surface area contributed by atoms with Crippen molar-refractivity contribution in [3.05, 3.63) is 35.4 Å². The summed E-state index contributed by atoms with van der Waals surface area (Å²) in [5, 5.41) is 3.20. The SMILES string of the molecule is CCOC1(C(NC)c2ccc(F)cc2F)CCC(C)CC1. The van der Waals surface area contributed by atoms with Crippen molar-refractivity contribution in [3.8, 4) is 0 Å². The number of likely N-dealkylation sites (N-methyl/N-ethyl adjacent to an activating group) is 1. The number of halogens is 2. The van der Waals surface area contributed by atoms with E-state index >= 15 is 0 Å². The van der Waals surface area contributed by atoms with Gasteiger partial charge in [-0.25, -0.2) is 8.78 Å². The topological polar surface area (TPSA) is 21.3 Å². The average molecular weight is 297 g/mol. The molecule has 0 spiro atoms. The second-order valence-electron chi connectivity index (χ2n) is 6.07. The smallest absolute Gasteiger partial charge is 0.131 e. The van der Waals surface area contributed by atoms with Crippen molar-refractivity contribution in [1.29, 1.82) is 0 Å². The lowest BCUT2D eigenvalue weighted by atomic mass is 9.73. The van der Waals surface area contributed by atoms with Crippen molar-refractivity contribution >= 4 is 0 Å². The van der Waals surface area contributed by atoms with E-state index in [0.717, 1.165) is 31.7 Å². The molecule has 118 valence electrons. The maximum absolute atomic E-state index is 14.2. The molecule has 0 amide bonds. The minimum Gasteiger partial charge on any atom is -0.373 e. The Morgan fingerprint density at radius 1 is 1.33 bits per heavy atom. The Bertz CT molecular complexity index is 470. The molecule has 0 aliphatic heterocycles. The second-order valence-corrected chi connectivity index (χ2v) is 6.07. The Kier molecular flexibility index (Phi) is 5.33. The summed E-state index contributed by atoms with van der Waals surface area (Å²) in [5.74, 6) is -0.380. The Morgan fingerprint density at radius 2 is 2.00 bits per heavy atom. The van der Waals surface area contributed by atoms with Gasteiger partial charge in [0.25, 0.3) is 0 Å². The molecule has 1 unspecified atom stereocenters. The molecule has 1 atom stereocenters. The largest absolute Gasteiger partial charge is 0.373 e. The maximum atomic E-state index is 14.2. The van der Waals surface area contributed by atoms with Crippen molar-refractivity contribution in [3.63, 3.8) is 0 Å². The molecule has 1 N–H and O–H groups in total. The highest BCUT2D eigenvalue weighted by Gasteiger charge is 2.43. The van der Waals surface area contributed by atoms with Gasteiger partial charge in [0.2, 0.25) is 0 Å². The van der Waals surface area contributed by atoms with E-state index in [1.807, 2.05) is 14.0 Å². The van der Waals surface area contributed by atoms with Crippen LogP contribution in [0.5, 0.6) is 0 Å². The van der Waals surface area contributed by atoms with E-state index in [2.05, 4.69) is 12.2 Å². The van der Waals surface area contributed by atoms with Crippen LogP contribution in [0, 0.1) is 17.6 Å². The quantitative estimate of drug-likeness (QED) is 0.879. The van der Waals surface area contributed by atoms with Gasteiger partial charge in [0.05, 0.1) is 11.6 Å². The summed E-state index contributed by atoms with van der Waals surface area (Å²) in [7, 11) is 1.81. The van der Waals surface area contributed by atoms with Gasteiger partial charge >= 0.3 is 0 Å². The van der Waals surface area contributed by atoms with Gasteiger partial charge in [0.15, 0.2) is 0 Å². The Balaban J connectivity index is 2.35. The Labute approximate surface area is 125 Å². The molecule has 4 heteroatoms. The van der Waals surface area contributed by atoms with E-state index in [9.17, 15) is 8.78 Å². The summed E-state index contributed by atoms with van der Waals surface area (Å²) in [6.45, 7) is 4.80. The third-order valence-electron chi connectivity index (χ3n) is 4.64. The minimum atomic E-state index is -0.547. The molecule has 0 aromatic heterocycles.